The number of hydrogen-bond donors (Lipinski definition) is 0. The van der Waals surface area contributed by atoms with Gasteiger partial charge in [0.2, 0.25) is 5.91 Å². The lowest BCUT2D eigenvalue weighted by Crippen LogP contribution is -2.49. The van der Waals surface area contributed by atoms with Gasteiger partial charge in [-0.3, -0.25) is 9.69 Å². The van der Waals surface area contributed by atoms with Crippen LogP contribution in [0.25, 0.3) is 16.8 Å². The van der Waals surface area contributed by atoms with Gasteiger partial charge in [-0.05, 0) is 33.5 Å². The molecule has 0 aromatic heterocycles. The predicted molar refractivity (Wildman–Crippen MR) is 136 cm³/mol. The molecule has 4 aromatic rings. The number of hydrogen-bond acceptors (Lipinski definition) is 2. The monoisotopic (exact) mass is 432 g/mol. The Hall–Kier alpha value is -3.69. The maximum absolute atomic E-state index is 12.9. The molecule has 0 N–H and O–H groups in total. The molecule has 1 amide bonds. The molecule has 0 spiro atoms. The van der Waals surface area contributed by atoms with Crippen molar-refractivity contribution >= 4 is 22.8 Å². The van der Waals surface area contributed by atoms with Crippen LogP contribution >= 0.6 is 0 Å². The van der Waals surface area contributed by atoms with Crippen LogP contribution in [0.3, 0.4) is 0 Å². The Balaban J connectivity index is 1.29. The van der Waals surface area contributed by atoms with Crippen molar-refractivity contribution in [2.75, 3.05) is 26.2 Å². The summed E-state index contributed by atoms with van der Waals surface area (Å²) in [5.41, 5.74) is 3.66. The molecular formula is C30H28N2O. The van der Waals surface area contributed by atoms with Crippen LogP contribution < -0.4 is 0 Å². The van der Waals surface area contributed by atoms with Gasteiger partial charge in [-0.1, -0.05) is 103 Å². The summed E-state index contributed by atoms with van der Waals surface area (Å²) in [5, 5.41) is 2.36. The molecule has 33 heavy (non-hydrogen) atoms. The third-order valence-corrected chi connectivity index (χ3v) is 6.45. The zero-order valence-corrected chi connectivity index (χ0v) is 18.7. The maximum atomic E-state index is 12.9. The Kier molecular flexibility index (Phi) is 6.32. The molecule has 164 valence electrons. The normalized spacial score (nSPS) is 14.9. The number of piperazine rings is 1. The first kappa shape index (κ1) is 21.2. The van der Waals surface area contributed by atoms with Gasteiger partial charge < -0.3 is 4.90 Å². The molecule has 1 fully saturated rings. The van der Waals surface area contributed by atoms with E-state index in [1.54, 1.807) is 6.08 Å². The van der Waals surface area contributed by atoms with Crippen molar-refractivity contribution in [2.45, 2.75) is 6.04 Å². The molecule has 4 aromatic carbocycles. The first-order valence-corrected chi connectivity index (χ1v) is 11.6. The SMILES string of the molecule is O=C(C=Cc1cccc2ccccc12)N1CCN(C(c2ccccc2)c2ccccc2)CC1. The molecule has 0 saturated carbocycles. The topological polar surface area (TPSA) is 23.6 Å². The quantitative estimate of drug-likeness (QED) is 0.373. The van der Waals surface area contributed by atoms with E-state index < -0.39 is 0 Å². The van der Waals surface area contributed by atoms with Crippen molar-refractivity contribution in [3.05, 3.63) is 126 Å². The highest BCUT2D eigenvalue weighted by molar-refractivity contribution is 5.96. The number of amides is 1. The second kappa shape index (κ2) is 9.85. The summed E-state index contributed by atoms with van der Waals surface area (Å²) < 4.78 is 0. The van der Waals surface area contributed by atoms with E-state index in [9.17, 15) is 4.79 Å². The van der Waals surface area contributed by atoms with E-state index >= 15 is 0 Å². The minimum Gasteiger partial charge on any atom is -0.337 e. The molecule has 5 rings (SSSR count). The van der Waals surface area contributed by atoms with Gasteiger partial charge in [-0.15, -0.1) is 0 Å². The largest absolute Gasteiger partial charge is 0.337 e. The Morgan fingerprint density at radius 2 is 1.24 bits per heavy atom. The Morgan fingerprint density at radius 3 is 1.91 bits per heavy atom. The zero-order chi connectivity index (χ0) is 22.5. The highest BCUT2D eigenvalue weighted by Crippen LogP contribution is 2.29. The third kappa shape index (κ3) is 4.74. The van der Waals surface area contributed by atoms with Gasteiger partial charge in [0.25, 0.3) is 0 Å². The molecule has 0 radical (unpaired) electrons. The van der Waals surface area contributed by atoms with Gasteiger partial charge in [0.05, 0.1) is 6.04 Å². The second-order valence-electron chi connectivity index (χ2n) is 8.49. The van der Waals surface area contributed by atoms with E-state index in [4.69, 9.17) is 0 Å². The van der Waals surface area contributed by atoms with E-state index in [1.807, 2.05) is 29.2 Å². The van der Waals surface area contributed by atoms with Gasteiger partial charge >= 0.3 is 0 Å². The zero-order valence-electron chi connectivity index (χ0n) is 18.7. The highest BCUT2D eigenvalue weighted by atomic mass is 16.2. The van der Waals surface area contributed by atoms with Gasteiger partial charge in [0.1, 0.15) is 0 Å². The third-order valence-electron chi connectivity index (χ3n) is 6.45. The Morgan fingerprint density at radius 1 is 0.667 bits per heavy atom. The fourth-order valence-electron chi connectivity index (χ4n) is 4.75. The van der Waals surface area contributed by atoms with Gasteiger partial charge in [-0.2, -0.15) is 0 Å². The van der Waals surface area contributed by atoms with Crippen LogP contribution in [-0.2, 0) is 4.79 Å². The van der Waals surface area contributed by atoms with E-state index in [0.717, 1.165) is 31.7 Å². The van der Waals surface area contributed by atoms with E-state index in [0.29, 0.717) is 0 Å². The van der Waals surface area contributed by atoms with Crippen molar-refractivity contribution < 1.29 is 4.79 Å². The summed E-state index contributed by atoms with van der Waals surface area (Å²) in [5.74, 6) is 0.0820. The molecule has 0 bridgehead atoms. The van der Waals surface area contributed by atoms with Crippen molar-refractivity contribution in [1.29, 1.82) is 0 Å². The minimum atomic E-state index is 0.0820. The Labute approximate surface area is 195 Å². The summed E-state index contributed by atoms with van der Waals surface area (Å²) in [6.45, 7) is 3.16. The van der Waals surface area contributed by atoms with Crippen molar-refractivity contribution in [3.63, 3.8) is 0 Å². The molecule has 0 unspecified atom stereocenters. The summed E-state index contributed by atoms with van der Waals surface area (Å²) in [6.07, 6.45) is 3.68. The molecular weight excluding hydrogens is 404 g/mol. The Bertz CT molecular complexity index is 1200. The van der Waals surface area contributed by atoms with Crippen LogP contribution in [0.1, 0.15) is 22.7 Å². The fraction of sp³-hybridized carbons (Fsp3) is 0.167. The summed E-state index contributed by atoms with van der Waals surface area (Å²) in [7, 11) is 0. The first-order chi connectivity index (χ1) is 16.3. The molecule has 3 heteroatoms. The summed E-state index contributed by atoms with van der Waals surface area (Å²) in [6, 6.07) is 36.0. The molecule has 0 aliphatic carbocycles. The van der Waals surface area contributed by atoms with Crippen LogP contribution in [0.4, 0.5) is 0 Å². The predicted octanol–water partition coefficient (Wildman–Crippen LogP) is 5.79. The smallest absolute Gasteiger partial charge is 0.246 e. The van der Waals surface area contributed by atoms with Crippen LogP contribution in [0, 0.1) is 0 Å². The molecule has 3 nitrogen and oxygen atoms in total. The van der Waals surface area contributed by atoms with Crippen molar-refractivity contribution in [2.24, 2.45) is 0 Å². The average Bonchev–Trinajstić information content (AvgIpc) is 2.89. The second-order valence-corrected chi connectivity index (χ2v) is 8.49. The molecule has 1 saturated heterocycles. The van der Waals surface area contributed by atoms with E-state index in [2.05, 4.69) is 89.8 Å². The number of rotatable bonds is 5. The number of carbonyl (C=O) groups is 1. The van der Waals surface area contributed by atoms with E-state index in [1.165, 1.54) is 21.9 Å². The number of benzene rings is 4. The highest BCUT2D eigenvalue weighted by Gasteiger charge is 2.27. The van der Waals surface area contributed by atoms with E-state index in [-0.39, 0.29) is 11.9 Å². The maximum Gasteiger partial charge on any atom is 0.246 e. The van der Waals surface area contributed by atoms with Gasteiger partial charge in [0.15, 0.2) is 0 Å². The lowest BCUT2D eigenvalue weighted by molar-refractivity contribution is -0.127. The van der Waals surface area contributed by atoms with Gasteiger partial charge in [-0.25, -0.2) is 0 Å². The number of nitrogens with zero attached hydrogens (tertiary/aromatic N) is 2. The van der Waals surface area contributed by atoms with Crippen molar-refractivity contribution in [3.8, 4) is 0 Å². The molecule has 1 heterocycles. The summed E-state index contributed by atoms with van der Waals surface area (Å²) in [4.78, 5) is 17.4. The summed E-state index contributed by atoms with van der Waals surface area (Å²) >= 11 is 0. The molecule has 1 aliphatic heterocycles. The van der Waals surface area contributed by atoms with Crippen LogP contribution in [0.2, 0.25) is 0 Å². The van der Waals surface area contributed by atoms with Crippen LogP contribution in [-0.4, -0.2) is 41.9 Å². The lowest BCUT2D eigenvalue weighted by atomic mass is 9.96. The van der Waals surface area contributed by atoms with Gasteiger partial charge in [0, 0.05) is 32.3 Å². The minimum absolute atomic E-state index is 0.0820. The lowest BCUT2D eigenvalue weighted by Gasteiger charge is -2.39. The standard InChI is InChI=1S/C30H28N2O/c33-29(19-18-25-16-9-15-24-10-7-8-17-28(24)25)31-20-22-32(23-21-31)30(26-11-3-1-4-12-26)27-13-5-2-6-14-27/h1-19,30H,20-23H2. The van der Waals surface area contributed by atoms with Crippen molar-refractivity contribution in [1.82, 2.24) is 9.80 Å². The van der Waals surface area contributed by atoms with Crippen LogP contribution in [0.15, 0.2) is 109 Å². The molecule has 1 aliphatic rings. The fourth-order valence-corrected chi connectivity index (χ4v) is 4.75. The average molecular weight is 433 g/mol. The van der Waals surface area contributed by atoms with Crippen LogP contribution in [0.5, 0.6) is 0 Å². The number of carbonyl (C=O) groups excluding carboxylic acids is 1. The first-order valence-electron chi connectivity index (χ1n) is 11.6. The molecule has 0 atom stereocenters. The number of fused-ring (bicyclic) bond motifs is 1.